The number of carbonyl (C=O) groups is 2. The molecule has 3 rings (SSSR count). The number of alkyl halides is 3. The van der Waals surface area contributed by atoms with Crippen molar-refractivity contribution in [2.75, 3.05) is 26.2 Å². The Balaban J connectivity index is 1.71. The van der Waals surface area contributed by atoms with Crippen LogP contribution in [0.5, 0.6) is 0 Å². The van der Waals surface area contributed by atoms with E-state index in [2.05, 4.69) is 15.7 Å². The zero-order valence-corrected chi connectivity index (χ0v) is 13.6. The van der Waals surface area contributed by atoms with Gasteiger partial charge in [-0.05, 0) is 38.4 Å². The minimum atomic E-state index is -4.44. The van der Waals surface area contributed by atoms with Crippen molar-refractivity contribution in [1.82, 2.24) is 25.3 Å². The highest BCUT2D eigenvalue weighted by molar-refractivity contribution is 5.92. The standard InChI is InChI=1S/C15H20F3N5O2/c16-15(17,18)10-22-9-2-11(12(22)24)21-13(25)14(3-6-19-7-4-14)23-8-1-5-20-23/h1,5,8,11,19H,2-4,6-7,9-10H2,(H,21,25). The quantitative estimate of drug-likeness (QED) is 0.807. The van der Waals surface area contributed by atoms with Gasteiger partial charge in [0.15, 0.2) is 0 Å². The fraction of sp³-hybridized carbons (Fsp3) is 0.667. The third kappa shape index (κ3) is 3.63. The van der Waals surface area contributed by atoms with Crippen LogP contribution in [0.2, 0.25) is 0 Å². The van der Waals surface area contributed by atoms with Crippen LogP contribution in [0, 0.1) is 0 Å². The molecular formula is C15H20F3N5O2. The second-order valence-corrected chi connectivity index (χ2v) is 6.42. The zero-order valence-electron chi connectivity index (χ0n) is 13.6. The van der Waals surface area contributed by atoms with Crippen molar-refractivity contribution in [3.8, 4) is 0 Å². The average Bonchev–Trinajstić information content (AvgIpc) is 3.20. The Bertz CT molecular complexity index is 626. The number of halogens is 3. The first-order chi connectivity index (χ1) is 11.8. The summed E-state index contributed by atoms with van der Waals surface area (Å²) >= 11 is 0. The van der Waals surface area contributed by atoms with Crippen LogP contribution in [0.4, 0.5) is 13.2 Å². The van der Waals surface area contributed by atoms with Gasteiger partial charge in [0.1, 0.15) is 18.1 Å². The molecule has 2 saturated heterocycles. The number of aromatic nitrogens is 2. The molecule has 2 aliphatic heterocycles. The Morgan fingerprint density at radius 2 is 2.12 bits per heavy atom. The smallest absolute Gasteiger partial charge is 0.342 e. The largest absolute Gasteiger partial charge is 0.406 e. The molecule has 1 aromatic rings. The molecule has 0 bridgehead atoms. The van der Waals surface area contributed by atoms with Gasteiger partial charge in [0.05, 0.1) is 0 Å². The molecule has 2 fully saturated rings. The average molecular weight is 359 g/mol. The van der Waals surface area contributed by atoms with Crippen LogP contribution < -0.4 is 10.6 Å². The third-order valence-corrected chi connectivity index (χ3v) is 4.77. The maximum atomic E-state index is 12.9. The fourth-order valence-electron chi connectivity index (χ4n) is 3.46. The molecule has 10 heteroatoms. The molecule has 1 unspecified atom stereocenters. The van der Waals surface area contributed by atoms with Crippen molar-refractivity contribution < 1.29 is 22.8 Å². The second kappa shape index (κ2) is 6.66. The number of amides is 2. The summed E-state index contributed by atoms with van der Waals surface area (Å²) in [5.74, 6) is -1.06. The van der Waals surface area contributed by atoms with Crippen LogP contribution in [-0.2, 0) is 15.1 Å². The summed E-state index contributed by atoms with van der Waals surface area (Å²) in [7, 11) is 0. The molecule has 1 atom stereocenters. The summed E-state index contributed by atoms with van der Waals surface area (Å²) in [6.45, 7) is -0.0653. The van der Waals surface area contributed by atoms with Crippen molar-refractivity contribution in [3.63, 3.8) is 0 Å². The highest BCUT2D eigenvalue weighted by Gasteiger charge is 2.45. The summed E-state index contributed by atoms with van der Waals surface area (Å²) in [6.07, 6.45) is -0.0183. The molecule has 7 nitrogen and oxygen atoms in total. The molecular weight excluding hydrogens is 339 g/mol. The minimum Gasteiger partial charge on any atom is -0.342 e. The van der Waals surface area contributed by atoms with E-state index in [-0.39, 0.29) is 18.9 Å². The first kappa shape index (κ1) is 17.7. The summed E-state index contributed by atoms with van der Waals surface area (Å²) < 4.78 is 39.1. The monoisotopic (exact) mass is 359 g/mol. The first-order valence-electron chi connectivity index (χ1n) is 8.19. The van der Waals surface area contributed by atoms with Gasteiger partial charge in [-0.1, -0.05) is 0 Å². The normalized spacial score (nSPS) is 23.7. The van der Waals surface area contributed by atoms with Crippen molar-refractivity contribution >= 4 is 11.8 Å². The number of hydrogen-bond donors (Lipinski definition) is 2. The van der Waals surface area contributed by atoms with E-state index in [1.165, 1.54) is 0 Å². The topological polar surface area (TPSA) is 79.3 Å². The number of likely N-dealkylation sites (tertiary alicyclic amines) is 1. The lowest BCUT2D eigenvalue weighted by Gasteiger charge is -2.37. The van der Waals surface area contributed by atoms with E-state index in [1.807, 2.05) is 0 Å². The molecule has 2 N–H and O–H groups in total. The number of hydrogen-bond acceptors (Lipinski definition) is 4. The van der Waals surface area contributed by atoms with Gasteiger partial charge in [0, 0.05) is 18.9 Å². The summed E-state index contributed by atoms with van der Waals surface area (Å²) in [6, 6.07) is 0.792. The molecule has 3 heterocycles. The fourth-order valence-corrected chi connectivity index (χ4v) is 3.46. The van der Waals surface area contributed by atoms with E-state index in [0.29, 0.717) is 25.9 Å². The summed E-state index contributed by atoms with van der Waals surface area (Å²) in [5.41, 5.74) is -0.924. The van der Waals surface area contributed by atoms with Crippen LogP contribution in [0.25, 0.3) is 0 Å². The molecule has 0 aromatic carbocycles. The van der Waals surface area contributed by atoms with E-state index < -0.39 is 30.2 Å². The van der Waals surface area contributed by atoms with Crippen LogP contribution in [0.15, 0.2) is 18.5 Å². The van der Waals surface area contributed by atoms with Crippen molar-refractivity contribution in [2.45, 2.75) is 37.0 Å². The predicted molar refractivity (Wildman–Crippen MR) is 81.5 cm³/mol. The Morgan fingerprint density at radius 1 is 1.40 bits per heavy atom. The molecule has 2 aliphatic rings. The first-order valence-corrected chi connectivity index (χ1v) is 8.19. The molecule has 1 aromatic heterocycles. The Hall–Kier alpha value is -2.10. The highest BCUT2D eigenvalue weighted by atomic mass is 19.4. The Kier molecular flexibility index (Phi) is 4.72. The number of rotatable bonds is 4. The van der Waals surface area contributed by atoms with Crippen molar-refractivity contribution in [1.29, 1.82) is 0 Å². The Labute approximate surface area is 142 Å². The summed E-state index contributed by atoms with van der Waals surface area (Å²) in [4.78, 5) is 25.8. The molecule has 0 radical (unpaired) electrons. The number of piperidine rings is 1. The van der Waals surface area contributed by atoms with Gasteiger partial charge < -0.3 is 15.5 Å². The highest BCUT2D eigenvalue weighted by Crippen LogP contribution is 2.28. The lowest BCUT2D eigenvalue weighted by Crippen LogP contribution is -2.57. The third-order valence-electron chi connectivity index (χ3n) is 4.77. The SMILES string of the molecule is O=C1C(NC(=O)C2(n3cccn3)CCNCC2)CCN1CC(F)(F)F. The van der Waals surface area contributed by atoms with Crippen LogP contribution in [0.3, 0.4) is 0 Å². The number of carbonyl (C=O) groups excluding carboxylic acids is 2. The number of nitrogens with one attached hydrogen (secondary N) is 2. The molecule has 0 spiro atoms. The van der Waals surface area contributed by atoms with Crippen LogP contribution >= 0.6 is 0 Å². The lowest BCUT2D eigenvalue weighted by atomic mass is 9.87. The van der Waals surface area contributed by atoms with E-state index in [4.69, 9.17) is 0 Å². The predicted octanol–water partition coefficient (Wildman–Crippen LogP) is 0.241. The number of nitrogens with zero attached hydrogens (tertiary/aromatic N) is 3. The van der Waals surface area contributed by atoms with Crippen LogP contribution in [0.1, 0.15) is 19.3 Å². The maximum absolute atomic E-state index is 12.9. The second-order valence-electron chi connectivity index (χ2n) is 6.42. The van der Waals surface area contributed by atoms with E-state index in [1.54, 1.807) is 23.1 Å². The van der Waals surface area contributed by atoms with Gasteiger partial charge in [-0.3, -0.25) is 14.3 Å². The van der Waals surface area contributed by atoms with Crippen molar-refractivity contribution in [2.24, 2.45) is 0 Å². The molecule has 138 valence electrons. The van der Waals surface area contributed by atoms with Gasteiger partial charge >= 0.3 is 6.18 Å². The van der Waals surface area contributed by atoms with Gasteiger partial charge in [-0.25, -0.2) is 0 Å². The van der Waals surface area contributed by atoms with Gasteiger partial charge in [0.25, 0.3) is 0 Å². The van der Waals surface area contributed by atoms with E-state index >= 15 is 0 Å². The van der Waals surface area contributed by atoms with Crippen molar-refractivity contribution in [3.05, 3.63) is 18.5 Å². The van der Waals surface area contributed by atoms with E-state index in [9.17, 15) is 22.8 Å². The molecule has 0 aliphatic carbocycles. The molecule has 25 heavy (non-hydrogen) atoms. The summed E-state index contributed by atoms with van der Waals surface area (Å²) in [5, 5.41) is 10.0. The maximum Gasteiger partial charge on any atom is 0.406 e. The molecule has 2 amide bonds. The lowest BCUT2D eigenvalue weighted by molar-refractivity contribution is -0.158. The Morgan fingerprint density at radius 3 is 2.72 bits per heavy atom. The van der Waals surface area contributed by atoms with Gasteiger partial charge in [-0.15, -0.1) is 0 Å². The molecule has 0 saturated carbocycles. The van der Waals surface area contributed by atoms with Gasteiger partial charge in [-0.2, -0.15) is 18.3 Å². The van der Waals surface area contributed by atoms with Gasteiger partial charge in [0.2, 0.25) is 11.8 Å². The minimum absolute atomic E-state index is 0.0143. The zero-order chi connectivity index (χ0) is 18.1. The van der Waals surface area contributed by atoms with E-state index in [0.717, 1.165) is 4.90 Å². The van der Waals surface area contributed by atoms with Crippen LogP contribution in [-0.4, -0.2) is 64.9 Å².